The van der Waals surface area contributed by atoms with E-state index < -0.39 is 0 Å². The lowest BCUT2D eigenvalue weighted by atomic mass is 10.1. The average molecular weight is 342 g/mol. The van der Waals surface area contributed by atoms with Crippen molar-refractivity contribution in [3.63, 3.8) is 0 Å². The van der Waals surface area contributed by atoms with E-state index in [9.17, 15) is 0 Å². The molecule has 3 rings (SSSR count). The van der Waals surface area contributed by atoms with Gasteiger partial charge in [-0.05, 0) is 36.4 Å². The average Bonchev–Trinajstić information content (AvgIpc) is 2.71. The van der Waals surface area contributed by atoms with Crippen molar-refractivity contribution in [3.8, 4) is 11.3 Å². The van der Waals surface area contributed by atoms with E-state index in [0.717, 1.165) is 21.0 Å². The highest BCUT2D eigenvalue weighted by atomic mass is 79.9. The van der Waals surface area contributed by atoms with Crippen molar-refractivity contribution in [3.05, 3.63) is 57.0 Å². The second-order valence-electron chi connectivity index (χ2n) is 3.89. The van der Waals surface area contributed by atoms with Crippen LogP contribution in [0, 0.1) is 0 Å². The van der Waals surface area contributed by atoms with Crippen molar-refractivity contribution in [1.29, 1.82) is 0 Å². The molecular weight excluding hydrogens is 335 g/mol. The van der Waals surface area contributed by atoms with Crippen LogP contribution < -0.4 is 0 Å². The molecule has 0 atom stereocenters. The van der Waals surface area contributed by atoms with Crippen LogP contribution in [0.3, 0.4) is 0 Å². The maximum Gasteiger partial charge on any atom is 0.138 e. The SMILES string of the molecule is Clc1cccc(Cl)c1-c1cc2cc(Br)ccc2o1. The molecule has 1 nitrogen and oxygen atoms in total. The molecule has 0 saturated carbocycles. The third-order valence-electron chi connectivity index (χ3n) is 2.69. The molecule has 0 aliphatic heterocycles. The lowest BCUT2D eigenvalue weighted by molar-refractivity contribution is 0.631. The zero-order valence-corrected chi connectivity index (χ0v) is 12.2. The molecule has 0 bridgehead atoms. The molecule has 2 aromatic carbocycles. The van der Waals surface area contributed by atoms with Crippen LogP contribution in [0.25, 0.3) is 22.3 Å². The molecule has 18 heavy (non-hydrogen) atoms. The van der Waals surface area contributed by atoms with E-state index in [0.29, 0.717) is 15.8 Å². The van der Waals surface area contributed by atoms with Gasteiger partial charge < -0.3 is 4.42 Å². The molecule has 3 aromatic rings. The molecule has 0 aliphatic rings. The number of hydrogen-bond acceptors (Lipinski definition) is 1. The zero-order valence-electron chi connectivity index (χ0n) is 9.08. The van der Waals surface area contributed by atoms with Gasteiger partial charge >= 0.3 is 0 Å². The third-order valence-corrected chi connectivity index (χ3v) is 3.81. The number of rotatable bonds is 1. The normalized spacial score (nSPS) is 11.1. The van der Waals surface area contributed by atoms with Crippen LogP contribution in [0.5, 0.6) is 0 Å². The summed E-state index contributed by atoms with van der Waals surface area (Å²) in [7, 11) is 0. The smallest absolute Gasteiger partial charge is 0.138 e. The van der Waals surface area contributed by atoms with Crippen molar-refractivity contribution in [2.45, 2.75) is 0 Å². The highest BCUT2D eigenvalue weighted by Gasteiger charge is 2.13. The summed E-state index contributed by atoms with van der Waals surface area (Å²) >= 11 is 15.8. The van der Waals surface area contributed by atoms with E-state index >= 15 is 0 Å². The quantitative estimate of drug-likeness (QED) is 0.516. The maximum atomic E-state index is 6.17. The molecule has 0 radical (unpaired) electrons. The van der Waals surface area contributed by atoms with E-state index in [1.807, 2.05) is 30.3 Å². The van der Waals surface area contributed by atoms with E-state index in [1.165, 1.54) is 0 Å². The van der Waals surface area contributed by atoms with Crippen LogP contribution in [0.1, 0.15) is 0 Å². The lowest BCUT2D eigenvalue weighted by Gasteiger charge is -2.02. The zero-order chi connectivity index (χ0) is 12.7. The van der Waals surface area contributed by atoms with Gasteiger partial charge in [0.2, 0.25) is 0 Å². The van der Waals surface area contributed by atoms with Gasteiger partial charge in [-0.3, -0.25) is 0 Å². The molecule has 0 fully saturated rings. The first kappa shape index (κ1) is 12.1. The largest absolute Gasteiger partial charge is 0.456 e. The summed E-state index contributed by atoms with van der Waals surface area (Å²) in [4.78, 5) is 0. The summed E-state index contributed by atoms with van der Waals surface area (Å²) in [5.41, 5.74) is 1.54. The predicted octanol–water partition coefficient (Wildman–Crippen LogP) is 6.17. The standard InChI is InChI=1S/C14H7BrCl2O/c15-9-4-5-12-8(6-9)7-13(18-12)14-10(16)2-1-3-11(14)17/h1-7H. The van der Waals surface area contributed by atoms with Crippen LogP contribution in [-0.2, 0) is 0 Å². The van der Waals surface area contributed by atoms with E-state index in [1.54, 1.807) is 12.1 Å². The number of furan rings is 1. The number of fused-ring (bicyclic) bond motifs is 1. The first-order valence-electron chi connectivity index (χ1n) is 5.28. The molecule has 1 aromatic heterocycles. The third kappa shape index (κ3) is 2.05. The molecule has 0 unspecified atom stereocenters. The van der Waals surface area contributed by atoms with E-state index in [4.69, 9.17) is 27.6 Å². The molecule has 0 aliphatic carbocycles. The summed E-state index contributed by atoms with van der Waals surface area (Å²) in [6.45, 7) is 0. The highest BCUT2D eigenvalue weighted by Crippen LogP contribution is 2.37. The van der Waals surface area contributed by atoms with Gasteiger partial charge in [0, 0.05) is 9.86 Å². The Labute approximate surface area is 122 Å². The molecule has 4 heteroatoms. The van der Waals surface area contributed by atoms with Gasteiger partial charge in [-0.1, -0.05) is 45.2 Å². The fraction of sp³-hybridized carbons (Fsp3) is 0. The second-order valence-corrected chi connectivity index (χ2v) is 5.62. The van der Waals surface area contributed by atoms with Gasteiger partial charge in [-0.25, -0.2) is 0 Å². The summed E-state index contributed by atoms with van der Waals surface area (Å²) < 4.78 is 6.79. The van der Waals surface area contributed by atoms with Crippen LogP contribution in [0.15, 0.2) is 51.4 Å². The van der Waals surface area contributed by atoms with Gasteiger partial charge in [-0.2, -0.15) is 0 Å². The minimum Gasteiger partial charge on any atom is -0.456 e. The number of halogens is 3. The molecule has 0 spiro atoms. The summed E-state index contributed by atoms with van der Waals surface area (Å²) in [6.07, 6.45) is 0. The van der Waals surface area contributed by atoms with Crippen molar-refractivity contribution in [2.75, 3.05) is 0 Å². The molecule has 1 heterocycles. The summed E-state index contributed by atoms with van der Waals surface area (Å²) in [6, 6.07) is 13.2. The van der Waals surface area contributed by atoms with Gasteiger partial charge in [-0.15, -0.1) is 0 Å². The predicted molar refractivity (Wildman–Crippen MR) is 79.4 cm³/mol. The minimum atomic E-state index is 0.584. The van der Waals surface area contributed by atoms with Gasteiger partial charge in [0.1, 0.15) is 11.3 Å². The van der Waals surface area contributed by atoms with Crippen molar-refractivity contribution >= 4 is 50.1 Å². The Morgan fingerprint density at radius 2 is 1.67 bits per heavy atom. The molecule has 0 N–H and O–H groups in total. The Balaban J connectivity index is 2.26. The summed E-state index contributed by atoms with van der Waals surface area (Å²) in [5.74, 6) is 0.679. The Kier molecular flexibility index (Phi) is 3.10. The van der Waals surface area contributed by atoms with E-state index in [2.05, 4.69) is 15.9 Å². The molecule has 0 saturated heterocycles. The second kappa shape index (κ2) is 4.61. The van der Waals surface area contributed by atoms with Crippen molar-refractivity contribution in [1.82, 2.24) is 0 Å². The van der Waals surface area contributed by atoms with Crippen LogP contribution >= 0.6 is 39.1 Å². The fourth-order valence-corrected chi connectivity index (χ4v) is 2.83. The Hall–Kier alpha value is -0.960. The first-order valence-corrected chi connectivity index (χ1v) is 6.83. The van der Waals surface area contributed by atoms with E-state index in [-0.39, 0.29) is 0 Å². The fourth-order valence-electron chi connectivity index (χ4n) is 1.87. The van der Waals surface area contributed by atoms with Crippen LogP contribution in [0.2, 0.25) is 10.0 Å². The van der Waals surface area contributed by atoms with Crippen molar-refractivity contribution < 1.29 is 4.42 Å². The lowest BCUT2D eigenvalue weighted by Crippen LogP contribution is -1.77. The summed E-state index contributed by atoms with van der Waals surface area (Å²) in [5, 5.41) is 2.18. The Bertz CT molecular complexity index is 713. The first-order chi connectivity index (χ1) is 8.65. The topological polar surface area (TPSA) is 13.1 Å². The van der Waals surface area contributed by atoms with Gasteiger partial charge in [0.25, 0.3) is 0 Å². The van der Waals surface area contributed by atoms with Crippen molar-refractivity contribution in [2.24, 2.45) is 0 Å². The van der Waals surface area contributed by atoms with Gasteiger partial charge in [0.15, 0.2) is 0 Å². The maximum absolute atomic E-state index is 6.17. The molecule has 0 amide bonds. The number of hydrogen-bond donors (Lipinski definition) is 0. The monoisotopic (exact) mass is 340 g/mol. The Morgan fingerprint density at radius 1 is 0.944 bits per heavy atom. The van der Waals surface area contributed by atoms with Crippen LogP contribution in [0.4, 0.5) is 0 Å². The van der Waals surface area contributed by atoms with Gasteiger partial charge in [0.05, 0.1) is 15.6 Å². The molecule has 90 valence electrons. The number of benzene rings is 2. The minimum absolute atomic E-state index is 0.584. The Morgan fingerprint density at radius 3 is 2.39 bits per heavy atom. The molecular formula is C14H7BrCl2O. The van der Waals surface area contributed by atoms with Crippen LogP contribution in [-0.4, -0.2) is 0 Å². The highest BCUT2D eigenvalue weighted by molar-refractivity contribution is 9.10.